The highest BCUT2D eigenvalue weighted by molar-refractivity contribution is 5.85. The fraction of sp³-hybridized carbons (Fsp3) is 0.444. The van der Waals surface area contributed by atoms with Crippen molar-refractivity contribution in [3.8, 4) is 0 Å². The van der Waals surface area contributed by atoms with Crippen molar-refractivity contribution in [2.75, 3.05) is 19.0 Å². The monoisotopic (exact) mass is 213 g/mol. The van der Waals surface area contributed by atoms with Gasteiger partial charge in [-0.3, -0.25) is 0 Å². The second-order valence-electron chi connectivity index (χ2n) is 2.82. The quantitative estimate of drug-likeness (QED) is 0.763. The van der Waals surface area contributed by atoms with Crippen LogP contribution in [-0.2, 0) is 4.74 Å². The standard InChI is InChI=1S/C9H12FN3O2/c1-4-11-7-6(10)5(2)12-8(13-7)9(14)15-3/h4H2,1-3H3,(H,11,12,13). The Morgan fingerprint density at radius 3 is 2.73 bits per heavy atom. The maximum atomic E-state index is 13.4. The lowest BCUT2D eigenvalue weighted by molar-refractivity contribution is 0.0586. The summed E-state index contributed by atoms with van der Waals surface area (Å²) in [5, 5.41) is 2.70. The zero-order chi connectivity index (χ0) is 11.4. The number of esters is 1. The number of nitrogens with zero attached hydrogens (tertiary/aromatic N) is 2. The molecule has 1 heterocycles. The maximum Gasteiger partial charge on any atom is 0.376 e. The number of methoxy groups -OCH3 is 1. The molecule has 0 radical (unpaired) electrons. The second-order valence-corrected chi connectivity index (χ2v) is 2.82. The number of ether oxygens (including phenoxy) is 1. The van der Waals surface area contributed by atoms with Gasteiger partial charge in [-0.15, -0.1) is 0 Å². The van der Waals surface area contributed by atoms with Gasteiger partial charge in [0.1, 0.15) is 0 Å². The summed E-state index contributed by atoms with van der Waals surface area (Å²) in [6, 6.07) is 0. The molecule has 0 aromatic carbocycles. The van der Waals surface area contributed by atoms with Gasteiger partial charge in [0, 0.05) is 6.54 Å². The fourth-order valence-corrected chi connectivity index (χ4v) is 1.03. The van der Waals surface area contributed by atoms with E-state index in [0.29, 0.717) is 6.54 Å². The fourth-order valence-electron chi connectivity index (χ4n) is 1.03. The summed E-state index contributed by atoms with van der Waals surface area (Å²) in [6.45, 7) is 3.77. The van der Waals surface area contributed by atoms with E-state index < -0.39 is 11.8 Å². The van der Waals surface area contributed by atoms with Crippen molar-refractivity contribution >= 4 is 11.8 Å². The third kappa shape index (κ3) is 2.39. The first-order valence-electron chi connectivity index (χ1n) is 4.46. The Kier molecular flexibility index (Phi) is 3.54. The first kappa shape index (κ1) is 11.4. The van der Waals surface area contributed by atoms with Crippen LogP contribution in [0.5, 0.6) is 0 Å². The summed E-state index contributed by atoms with van der Waals surface area (Å²) in [5.74, 6) is -1.36. The molecule has 0 spiro atoms. The van der Waals surface area contributed by atoms with Crippen LogP contribution in [-0.4, -0.2) is 29.6 Å². The van der Waals surface area contributed by atoms with Crippen molar-refractivity contribution in [3.63, 3.8) is 0 Å². The van der Waals surface area contributed by atoms with Crippen LogP contribution in [0.2, 0.25) is 0 Å². The summed E-state index contributed by atoms with van der Waals surface area (Å²) < 4.78 is 17.8. The first-order chi connectivity index (χ1) is 7.10. The number of nitrogens with one attached hydrogen (secondary N) is 1. The van der Waals surface area contributed by atoms with Crippen LogP contribution >= 0.6 is 0 Å². The molecule has 15 heavy (non-hydrogen) atoms. The van der Waals surface area contributed by atoms with E-state index in [2.05, 4.69) is 20.0 Å². The minimum Gasteiger partial charge on any atom is -0.463 e. The minimum absolute atomic E-state index is 0.0189. The number of aromatic nitrogens is 2. The Morgan fingerprint density at radius 2 is 2.20 bits per heavy atom. The van der Waals surface area contributed by atoms with Crippen molar-refractivity contribution < 1.29 is 13.9 Å². The molecule has 0 aliphatic carbocycles. The van der Waals surface area contributed by atoms with E-state index in [1.807, 2.05) is 0 Å². The molecular weight excluding hydrogens is 201 g/mol. The molecule has 0 aliphatic heterocycles. The van der Waals surface area contributed by atoms with Crippen LogP contribution in [0.25, 0.3) is 0 Å². The predicted molar refractivity (Wildman–Crippen MR) is 52.2 cm³/mol. The van der Waals surface area contributed by atoms with Crippen LogP contribution in [0.4, 0.5) is 10.2 Å². The summed E-state index contributed by atoms with van der Waals surface area (Å²) in [4.78, 5) is 18.5. The molecule has 82 valence electrons. The molecule has 1 rings (SSSR count). The van der Waals surface area contributed by atoms with Crippen LogP contribution in [0.3, 0.4) is 0 Å². The van der Waals surface area contributed by atoms with Gasteiger partial charge in [0.25, 0.3) is 0 Å². The molecule has 0 atom stereocenters. The number of aryl methyl sites for hydroxylation is 1. The van der Waals surface area contributed by atoms with Gasteiger partial charge in [0.15, 0.2) is 11.6 Å². The average molecular weight is 213 g/mol. The Bertz CT molecular complexity index is 382. The van der Waals surface area contributed by atoms with Crippen molar-refractivity contribution in [3.05, 3.63) is 17.3 Å². The van der Waals surface area contributed by atoms with Gasteiger partial charge in [0.2, 0.25) is 5.82 Å². The highest BCUT2D eigenvalue weighted by atomic mass is 19.1. The van der Waals surface area contributed by atoms with Crippen LogP contribution in [0.15, 0.2) is 0 Å². The van der Waals surface area contributed by atoms with E-state index in [4.69, 9.17) is 0 Å². The summed E-state index contributed by atoms with van der Waals surface area (Å²) in [7, 11) is 1.22. The molecule has 6 heteroatoms. The van der Waals surface area contributed by atoms with Gasteiger partial charge in [-0.05, 0) is 13.8 Å². The Hall–Kier alpha value is -1.72. The zero-order valence-electron chi connectivity index (χ0n) is 8.80. The number of rotatable bonds is 3. The average Bonchev–Trinajstić information content (AvgIpc) is 2.23. The van der Waals surface area contributed by atoms with Crippen LogP contribution in [0, 0.1) is 12.7 Å². The van der Waals surface area contributed by atoms with E-state index in [9.17, 15) is 9.18 Å². The van der Waals surface area contributed by atoms with Crippen molar-refractivity contribution in [1.82, 2.24) is 9.97 Å². The van der Waals surface area contributed by atoms with E-state index >= 15 is 0 Å². The normalized spacial score (nSPS) is 9.87. The van der Waals surface area contributed by atoms with Crippen LogP contribution in [0.1, 0.15) is 23.2 Å². The number of anilines is 1. The van der Waals surface area contributed by atoms with Crippen LogP contribution < -0.4 is 5.32 Å². The lowest BCUT2D eigenvalue weighted by Gasteiger charge is -2.07. The lowest BCUT2D eigenvalue weighted by atomic mass is 10.4. The Morgan fingerprint density at radius 1 is 1.53 bits per heavy atom. The maximum absolute atomic E-state index is 13.4. The SMILES string of the molecule is CCNc1nc(C(=O)OC)nc(C)c1F. The second kappa shape index (κ2) is 4.68. The molecule has 5 nitrogen and oxygen atoms in total. The highest BCUT2D eigenvalue weighted by Crippen LogP contribution is 2.13. The van der Waals surface area contributed by atoms with Gasteiger partial charge < -0.3 is 10.1 Å². The highest BCUT2D eigenvalue weighted by Gasteiger charge is 2.16. The zero-order valence-corrected chi connectivity index (χ0v) is 8.80. The lowest BCUT2D eigenvalue weighted by Crippen LogP contribution is -2.13. The minimum atomic E-state index is -0.683. The van der Waals surface area contributed by atoms with Crippen molar-refractivity contribution in [2.45, 2.75) is 13.8 Å². The number of hydrogen-bond donors (Lipinski definition) is 1. The van der Waals surface area contributed by atoms with Crippen molar-refractivity contribution in [1.29, 1.82) is 0 Å². The molecule has 0 saturated carbocycles. The predicted octanol–water partition coefficient (Wildman–Crippen LogP) is 1.14. The smallest absolute Gasteiger partial charge is 0.376 e. The molecule has 1 N–H and O–H groups in total. The third-order valence-electron chi connectivity index (χ3n) is 1.73. The molecular formula is C9H12FN3O2. The van der Waals surface area contributed by atoms with Gasteiger partial charge in [-0.2, -0.15) is 0 Å². The van der Waals surface area contributed by atoms with Gasteiger partial charge in [0.05, 0.1) is 12.8 Å². The van der Waals surface area contributed by atoms with E-state index in [0.717, 1.165) is 0 Å². The van der Waals surface area contributed by atoms with Gasteiger partial charge >= 0.3 is 5.97 Å². The number of carbonyl (C=O) groups excluding carboxylic acids is 1. The number of hydrogen-bond acceptors (Lipinski definition) is 5. The van der Waals surface area contributed by atoms with Gasteiger partial charge in [-0.25, -0.2) is 19.2 Å². The summed E-state index contributed by atoms with van der Waals surface area (Å²) >= 11 is 0. The largest absolute Gasteiger partial charge is 0.463 e. The van der Waals surface area contributed by atoms with Crippen molar-refractivity contribution in [2.24, 2.45) is 0 Å². The third-order valence-corrected chi connectivity index (χ3v) is 1.73. The molecule has 0 fully saturated rings. The molecule has 1 aromatic rings. The Balaban J connectivity index is 3.16. The summed E-state index contributed by atoms with van der Waals surface area (Å²) in [6.07, 6.45) is 0. The van der Waals surface area contributed by atoms with E-state index in [1.54, 1.807) is 6.92 Å². The Labute approximate surface area is 86.7 Å². The topological polar surface area (TPSA) is 64.1 Å². The molecule has 0 aliphatic rings. The molecule has 0 bridgehead atoms. The summed E-state index contributed by atoms with van der Waals surface area (Å²) in [5.41, 5.74) is 0.112. The van der Waals surface area contributed by atoms with Gasteiger partial charge in [-0.1, -0.05) is 0 Å². The number of halogens is 1. The molecule has 1 aromatic heterocycles. The van der Waals surface area contributed by atoms with E-state index in [-0.39, 0.29) is 17.3 Å². The number of carbonyl (C=O) groups is 1. The molecule has 0 unspecified atom stereocenters. The molecule has 0 amide bonds. The molecule has 0 saturated heterocycles. The first-order valence-corrected chi connectivity index (χ1v) is 4.46. The van der Waals surface area contributed by atoms with E-state index in [1.165, 1.54) is 14.0 Å².